The highest BCUT2D eigenvalue weighted by atomic mass is 79.9. The Kier molecular flexibility index (Phi) is 9.73. The second-order valence-electron chi connectivity index (χ2n) is 13.1. The molecule has 0 aromatic heterocycles. The number of hydrogen-bond donors (Lipinski definition) is 1. The minimum absolute atomic E-state index is 0.0536. The van der Waals surface area contributed by atoms with Crippen LogP contribution in [0.3, 0.4) is 0 Å². The summed E-state index contributed by atoms with van der Waals surface area (Å²) < 4.78 is 14.0. The molecule has 238 valence electrons. The fraction of sp³-hybridized carbons (Fsp3) is 0.333. The Morgan fingerprint density at radius 3 is 1.91 bits per heavy atom. The zero-order valence-corrected chi connectivity index (χ0v) is 28.3. The number of amides is 1. The Balaban J connectivity index is 1.37. The molecule has 0 bridgehead atoms. The summed E-state index contributed by atoms with van der Waals surface area (Å²) in [5, 5.41) is 3.12. The molecule has 2 aliphatic rings. The van der Waals surface area contributed by atoms with Gasteiger partial charge in [0.05, 0.1) is 13.2 Å². The van der Waals surface area contributed by atoms with Crippen LogP contribution in [0.1, 0.15) is 55.4 Å². The molecule has 1 amide bonds. The Hall–Kier alpha value is -3.78. The van der Waals surface area contributed by atoms with Crippen molar-refractivity contribution in [3.05, 3.63) is 142 Å². The summed E-state index contributed by atoms with van der Waals surface area (Å²) in [5.74, 6) is 0.200. The van der Waals surface area contributed by atoms with E-state index in [-0.39, 0.29) is 24.0 Å². The van der Waals surface area contributed by atoms with Crippen LogP contribution in [0.5, 0.6) is 0 Å². The third kappa shape index (κ3) is 6.97. The van der Waals surface area contributed by atoms with Gasteiger partial charge in [-0.25, -0.2) is 4.79 Å². The monoisotopic (exact) mass is 679 g/mol. The van der Waals surface area contributed by atoms with E-state index in [4.69, 9.17) is 14.5 Å². The van der Waals surface area contributed by atoms with Crippen LogP contribution >= 0.6 is 15.9 Å². The van der Waals surface area contributed by atoms with Gasteiger partial charge in [0.25, 0.3) is 0 Å². The van der Waals surface area contributed by atoms with E-state index in [1.165, 1.54) is 5.56 Å². The number of hydrogen-bond acceptors (Lipinski definition) is 5. The number of ether oxygens (including phenoxy) is 2. The number of fused-ring (bicyclic) bond motifs is 1. The molecule has 4 atom stereocenters. The van der Waals surface area contributed by atoms with Gasteiger partial charge < -0.3 is 14.8 Å². The van der Waals surface area contributed by atoms with Crippen LogP contribution in [0.15, 0.2) is 125 Å². The zero-order valence-electron chi connectivity index (χ0n) is 26.7. The van der Waals surface area contributed by atoms with Gasteiger partial charge in [-0.05, 0) is 55.2 Å². The molecule has 0 spiro atoms. The van der Waals surface area contributed by atoms with Crippen molar-refractivity contribution >= 4 is 28.2 Å². The van der Waals surface area contributed by atoms with Gasteiger partial charge in [0.15, 0.2) is 0 Å². The van der Waals surface area contributed by atoms with Crippen LogP contribution in [-0.2, 0) is 15.1 Å². The molecule has 2 heterocycles. The van der Waals surface area contributed by atoms with E-state index < -0.39 is 17.3 Å². The molecule has 4 aromatic rings. The predicted octanol–water partition coefficient (Wildman–Crippen LogP) is 7.96. The zero-order chi connectivity index (χ0) is 32.1. The van der Waals surface area contributed by atoms with Crippen molar-refractivity contribution in [2.45, 2.75) is 62.4 Å². The van der Waals surface area contributed by atoms with Gasteiger partial charge >= 0.3 is 6.09 Å². The molecule has 6 nitrogen and oxygen atoms in total. The summed E-state index contributed by atoms with van der Waals surface area (Å²) in [7, 11) is 0. The molecule has 1 saturated heterocycles. The Morgan fingerprint density at radius 2 is 1.39 bits per heavy atom. The maximum absolute atomic E-state index is 12.8. The predicted molar refractivity (Wildman–Crippen MR) is 187 cm³/mol. The fourth-order valence-electron chi connectivity index (χ4n) is 6.90. The summed E-state index contributed by atoms with van der Waals surface area (Å²) in [6.45, 7) is 7.48. The van der Waals surface area contributed by atoms with Crippen molar-refractivity contribution < 1.29 is 14.3 Å². The number of nitrogens with one attached hydrogen (secondary N) is 1. The first-order chi connectivity index (χ1) is 22.2. The molecule has 7 heteroatoms. The lowest BCUT2D eigenvalue weighted by molar-refractivity contribution is -0.0942. The van der Waals surface area contributed by atoms with E-state index in [9.17, 15) is 4.79 Å². The molecule has 0 saturated carbocycles. The molecule has 0 aliphatic carbocycles. The van der Waals surface area contributed by atoms with Gasteiger partial charge in [0.1, 0.15) is 11.2 Å². The number of benzene rings is 4. The summed E-state index contributed by atoms with van der Waals surface area (Å²) >= 11 is 3.62. The fourth-order valence-corrected chi connectivity index (χ4v) is 7.17. The van der Waals surface area contributed by atoms with E-state index in [1.54, 1.807) is 0 Å². The van der Waals surface area contributed by atoms with Crippen LogP contribution in [0.2, 0.25) is 0 Å². The van der Waals surface area contributed by atoms with Crippen LogP contribution in [0, 0.1) is 0 Å². The average molecular weight is 681 g/mol. The first kappa shape index (κ1) is 32.2. The molecule has 46 heavy (non-hydrogen) atoms. The maximum atomic E-state index is 12.8. The van der Waals surface area contributed by atoms with Crippen LogP contribution < -0.4 is 5.32 Å². The Morgan fingerprint density at radius 1 is 0.848 bits per heavy atom. The number of aliphatic imine (C=N–C) groups is 1. The molecule has 6 rings (SSSR count). The second kappa shape index (κ2) is 13.9. The van der Waals surface area contributed by atoms with Gasteiger partial charge in [-0.15, -0.1) is 0 Å². The van der Waals surface area contributed by atoms with Gasteiger partial charge in [0, 0.05) is 47.7 Å². The van der Waals surface area contributed by atoms with Crippen molar-refractivity contribution in [2.75, 3.05) is 19.7 Å². The smallest absolute Gasteiger partial charge is 0.407 e. The van der Waals surface area contributed by atoms with Gasteiger partial charge in [-0.1, -0.05) is 119 Å². The molecule has 4 aromatic carbocycles. The summed E-state index contributed by atoms with van der Waals surface area (Å²) in [5.41, 5.74) is 3.09. The van der Waals surface area contributed by atoms with E-state index >= 15 is 0 Å². The van der Waals surface area contributed by atoms with E-state index in [0.29, 0.717) is 26.1 Å². The van der Waals surface area contributed by atoms with Crippen LogP contribution in [-0.4, -0.2) is 60.6 Å². The van der Waals surface area contributed by atoms with Crippen molar-refractivity contribution in [1.82, 2.24) is 10.2 Å². The lowest BCUT2D eigenvalue weighted by Gasteiger charge is -2.57. The lowest BCUT2D eigenvalue weighted by atomic mass is 9.74. The number of nitrogens with zero attached hydrogens (tertiary/aromatic N) is 2. The first-order valence-electron chi connectivity index (χ1n) is 16.0. The lowest BCUT2D eigenvalue weighted by Crippen LogP contribution is -2.68. The molecular weight excluding hydrogens is 638 g/mol. The molecule has 2 aliphatic heterocycles. The van der Waals surface area contributed by atoms with Crippen molar-refractivity contribution in [3.8, 4) is 0 Å². The standard InChI is InChI=1S/C39H42BrN3O3/c1-38(2,3)46-37(44)42-33-23-24-41-25-34-36(28-19-21-32(40)22-20-28)35(43(34)26-33)27-45-39(29-13-7-4-8-14-29,30-15-9-5-10-16-30)31-17-11-6-12-18-31/h4-22,24,33-36H,23,25-27H2,1-3H3,(H,42,44)/b41-24-/t33-,34+,35-,36-/m1/s1. The number of carbonyl (C=O) groups excluding carboxylic acids is 1. The largest absolute Gasteiger partial charge is 0.444 e. The second-order valence-corrected chi connectivity index (χ2v) is 14.0. The molecule has 1 N–H and O–H groups in total. The molecular formula is C39H42BrN3O3. The molecule has 0 unspecified atom stereocenters. The first-order valence-corrected chi connectivity index (χ1v) is 16.8. The highest BCUT2D eigenvalue weighted by Crippen LogP contribution is 2.46. The van der Waals surface area contributed by atoms with Crippen LogP contribution in [0.4, 0.5) is 4.79 Å². The third-order valence-corrected chi connectivity index (χ3v) is 9.44. The SMILES string of the molecule is CC(C)(C)OC(=O)N[C@@H]1C/C=N\C[C@H]2[C@@H](c3ccc(Br)cc3)[C@@H](COC(c3ccccc3)(c3ccccc3)c3ccccc3)N2C1. The van der Waals surface area contributed by atoms with Gasteiger partial charge in [0.2, 0.25) is 0 Å². The Labute approximate surface area is 281 Å². The van der Waals surface area contributed by atoms with Gasteiger partial charge in [-0.2, -0.15) is 0 Å². The number of carbonyl (C=O) groups is 1. The summed E-state index contributed by atoms with van der Waals surface area (Å²) in [4.78, 5) is 20.1. The third-order valence-electron chi connectivity index (χ3n) is 8.91. The number of alkyl carbamates (subject to hydrolysis) is 1. The van der Waals surface area contributed by atoms with Gasteiger partial charge in [-0.3, -0.25) is 9.89 Å². The number of halogens is 1. The Bertz CT molecular complexity index is 1510. The van der Waals surface area contributed by atoms with E-state index in [2.05, 4.69) is 123 Å². The average Bonchev–Trinajstić information content (AvgIpc) is 3.04. The number of rotatable bonds is 8. The molecule has 0 radical (unpaired) electrons. The maximum Gasteiger partial charge on any atom is 0.407 e. The van der Waals surface area contributed by atoms with Crippen molar-refractivity contribution in [3.63, 3.8) is 0 Å². The summed E-state index contributed by atoms with van der Waals surface area (Å²) in [6, 6.07) is 40.2. The minimum atomic E-state index is -0.825. The molecule has 1 fully saturated rings. The van der Waals surface area contributed by atoms with Crippen molar-refractivity contribution in [2.24, 2.45) is 4.99 Å². The summed E-state index contributed by atoms with van der Waals surface area (Å²) in [6.07, 6.45) is 2.19. The highest BCUT2D eigenvalue weighted by molar-refractivity contribution is 9.10. The van der Waals surface area contributed by atoms with E-state index in [1.807, 2.05) is 45.2 Å². The minimum Gasteiger partial charge on any atom is -0.444 e. The topological polar surface area (TPSA) is 63.2 Å². The van der Waals surface area contributed by atoms with Crippen molar-refractivity contribution in [1.29, 1.82) is 0 Å². The normalized spacial score (nSPS) is 22.4. The highest BCUT2D eigenvalue weighted by Gasteiger charge is 2.51. The van der Waals surface area contributed by atoms with Crippen LogP contribution in [0.25, 0.3) is 0 Å². The van der Waals surface area contributed by atoms with E-state index in [0.717, 1.165) is 21.2 Å². The quantitative estimate of drug-likeness (QED) is 0.192.